The number of benzene rings is 1. The molecule has 4 heteroatoms. The van der Waals surface area contributed by atoms with Gasteiger partial charge < -0.3 is 11.1 Å². The van der Waals surface area contributed by atoms with Crippen LogP contribution >= 0.6 is 0 Å². The fourth-order valence-corrected chi connectivity index (χ4v) is 3.74. The number of rotatable bonds is 4. The number of hydrogen-bond donors (Lipinski definition) is 2. The Labute approximate surface area is 140 Å². The van der Waals surface area contributed by atoms with Crippen molar-refractivity contribution in [2.45, 2.75) is 64.1 Å². The number of nitrogens with two attached hydrogens (primary N) is 1. The molecule has 23 heavy (non-hydrogen) atoms. The molecule has 3 rings (SSSR count). The first-order valence-electron chi connectivity index (χ1n) is 9.09. The number of aliphatic imine (C=N–C) groups is 1. The molecule has 4 nitrogen and oxygen atoms in total. The van der Waals surface area contributed by atoms with Gasteiger partial charge in [0.25, 0.3) is 0 Å². The normalized spacial score (nSPS) is 21.7. The lowest BCUT2D eigenvalue weighted by Crippen LogP contribution is -2.43. The summed E-state index contributed by atoms with van der Waals surface area (Å²) in [5.41, 5.74) is 9.04. The van der Waals surface area contributed by atoms with Crippen LogP contribution in [0, 0.1) is 0 Å². The Morgan fingerprint density at radius 1 is 1.26 bits per heavy atom. The zero-order valence-electron chi connectivity index (χ0n) is 14.3. The van der Waals surface area contributed by atoms with Crippen molar-refractivity contribution in [2.75, 3.05) is 13.1 Å². The number of hydrogen-bond acceptors (Lipinski definition) is 2. The topological polar surface area (TPSA) is 53.6 Å². The van der Waals surface area contributed by atoms with Gasteiger partial charge in [0.15, 0.2) is 5.96 Å². The van der Waals surface area contributed by atoms with Gasteiger partial charge in [0.2, 0.25) is 0 Å². The molecule has 1 heterocycles. The summed E-state index contributed by atoms with van der Waals surface area (Å²) in [7, 11) is 0. The van der Waals surface area contributed by atoms with E-state index in [9.17, 15) is 0 Å². The van der Waals surface area contributed by atoms with Crippen molar-refractivity contribution in [2.24, 2.45) is 10.7 Å². The highest BCUT2D eigenvalue weighted by Crippen LogP contribution is 2.20. The second-order valence-corrected chi connectivity index (χ2v) is 7.04. The van der Waals surface area contributed by atoms with Gasteiger partial charge in [0.05, 0.1) is 6.54 Å². The van der Waals surface area contributed by atoms with Gasteiger partial charge in [-0.25, -0.2) is 0 Å². The number of nitrogens with one attached hydrogen (secondary N) is 1. The predicted molar refractivity (Wildman–Crippen MR) is 96.5 cm³/mol. The van der Waals surface area contributed by atoms with Crippen LogP contribution < -0.4 is 11.1 Å². The van der Waals surface area contributed by atoms with Gasteiger partial charge in [-0.2, -0.15) is 0 Å². The average molecular weight is 314 g/mol. The number of fused-ring (bicyclic) bond motifs is 1. The van der Waals surface area contributed by atoms with Crippen molar-refractivity contribution < 1.29 is 0 Å². The standard InChI is InChI=1S/C19H30N4/c1-15(13-21-19(20)22-18-9-3-2-4-10-18)23-12-11-16-7-5-6-8-17(16)14-23/h5-8,15,18H,2-4,9-14H2,1H3,(H3,20,21,22). The Morgan fingerprint density at radius 3 is 2.78 bits per heavy atom. The summed E-state index contributed by atoms with van der Waals surface area (Å²) in [6.07, 6.45) is 7.59. The van der Waals surface area contributed by atoms with E-state index in [0.717, 1.165) is 26.1 Å². The van der Waals surface area contributed by atoms with E-state index in [2.05, 4.69) is 46.4 Å². The second-order valence-electron chi connectivity index (χ2n) is 7.04. The van der Waals surface area contributed by atoms with Crippen LogP contribution in [0.25, 0.3) is 0 Å². The molecule has 1 fully saturated rings. The van der Waals surface area contributed by atoms with E-state index in [1.165, 1.54) is 43.2 Å². The molecule has 1 saturated carbocycles. The molecule has 126 valence electrons. The minimum atomic E-state index is 0.426. The molecule has 3 N–H and O–H groups in total. The summed E-state index contributed by atoms with van der Waals surface area (Å²) in [4.78, 5) is 7.10. The molecule has 2 aliphatic rings. The van der Waals surface area contributed by atoms with Gasteiger partial charge in [0.1, 0.15) is 0 Å². The summed E-state index contributed by atoms with van der Waals surface area (Å²) >= 11 is 0. The molecule has 0 bridgehead atoms. The van der Waals surface area contributed by atoms with Crippen LogP contribution in [-0.2, 0) is 13.0 Å². The molecule has 0 aromatic heterocycles. The van der Waals surface area contributed by atoms with Crippen LogP contribution in [0.5, 0.6) is 0 Å². The molecule has 0 spiro atoms. The molecule has 0 amide bonds. The van der Waals surface area contributed by atoms with E-state index in [1.807, 2.05) is 0 Å². The molecule has 1 aliphatic heterocycles. The van der Waals surface area contributed by atoms with E-state index < -0.39 is 0 Å². The lowest BCUT2D eigenvalue weighted by atomic mass is 9.96. The third kappa shape index (κ3) is 4.47. The maximum Gasteiger partial charge on any atom is 0.188 e. The van der Waals surface area contributed by atoms with Crippen molar-refractivity contribution in [1.29, 1.82) is 0 Å². The van der Waals surface area contributed by atoms with E-state index in [-0.39, 0.29) is 0 Å². The summed E-state index contributed by atoms with van der Waals surface area (Å²) in [6, 6.07) is 9.73. The maximum absolute atomic E-state index is 6.08. The molecule has 1 atom stereocenters. The van der Waals surface area contributed by atoms with E-state index in [1.54, 1.807) is 0 Å². The van der Waals surface area contributed by atoms with Gasteiger partial charge in [-0.1, -0.05) is 43.5 Å². The quantitative estimate of drug-likeness (QED) is 0.663. The molecule has 0 radical (unpaired) electrons. The van der Waals surface area contributed by atoms with Crippen LogP contribution in [0.1, 0.15) is 50.2 Å². The zero-order valence-corrected chi connectivity index (χ0v) is 14.3. The monoisotopic (exact) mass is 314 g/mol. The smallest absolute Gasteiger partial charge is 0.188 e. The van der Waals surface area contributed by atoms with E-state index in [4.69, 9.17) is 5.73 Å². The highest BCUT2D eigenvalue weighted by molar-refractivity contribution is 5.78. The molecule has 1 aromatic carbocycles. The van der Waals surface area contributed by atoms with Crippen LogP contribution in [0.3, 0.4) is 0 Å². The highest BCUT2D eigenvalue weighted by atomic mass is 15.2. The maximum atomic E-state index is 6.08. The summed E-state index contributed by atoms with van der Waals surface area (Å²) in [5.74, 6) is 0.626. The van der Waals surface area contributed by atoms with E-state index >= 15 is 0 Å². The lowest BCUT2D eigenvalue weighted by molar-refractivity contribution is 0.195. The third-order valence-corrected chi connectivity index (χ3v) is 5.27. The Hall–Kier alpha value is -1.55. The largest absolute Gasteiger partial charge is 0.370 e. The second kappa shape index (κ2) is 7.82. The molecule has 0 saturated heterocycles. The SMILES string of the molecule is CC(CN=C(N)NC1CCCCC1)N1CCc2ccccc2C1. The lowest BCUT2D eigenvalue weighted by Gasteiger charge is -2.33. The Bertz CT molecular complexity index is 534. The van der Waals surface area contributed by atoms with Gasteiger partial charge in [0, 0.05) is 25.2 Å². The van der Waals surface area contributed by atoms with Crippen molar-refractivity contribution >= 4 is 5.96 Å². The summed E-state index contributed by atoms with van der Waals surface area (Å²) in [5, 5.41) is 3.40. The first kappa shape index (κ1) is 16.3. The van der Waals surface area contributed by atoms with Gasteiger partial charge in [-0.05, 0) is 37.3 Å². The Kier molecular flexibility index (Phi) is 5.55. The molecular weight excluding hydrogens is 284 g/mol. The van der Waals surface area contributed by atoms with Crippen molar-refractivity contribution in [3.8, 4) is 0 Å². The molecule has 1 aliphatic carbocycles. The van der Waals surface area contributed by atoms with Crippen LogP contribution in [0.2, 0.25) is 0 Å². The first-order chi connectivity index (χ1) is 11.2. The summed E-state index contributed by atoms with van der Waals surface area (Å²) < 4.78 is 0. The van der Waals surface area contributed by atoms with Crippen molar-refractivity contribution in [3.05, 3.63) is 35.4 Å². The fourth-order valence-electron chi connectivity index (χ4n) is 3.74. The Morgan fingerprint density at radius 2 is 2.00 bits per heavy atom. The first-order valence-corrected chi connectivity index (χ1v) is 9.09. The fraction of sp³-hybridized carbons (Fsp3) is 0.632. The minimum Gasteiger partial charge on any atom is -0.370 e. The van der Waals surface area contributed by atoms with Crippen LogP contribution in [-0.4, -0.2) is 36.0 Å². The average Bonchev–Trinajstić information content (AvgIpc) is 2.60. The van der Waals surface area contributed by atoms with Gasteiger partial charge >= 0.3 is 0 Å². The van der Waals surface area contributed by atoms with E-state index in [0.29, 0.717) is 18.0 Å². The zero-order chi connectivity index (χ0) is 16.1. The Balaban J connectivity index is 1.49. The summed E-state index contributed by atoms with van der Waals surface area (Å²) in [6.45, 7) is 5.17. The molecule has 1 aromatic rings. The van der Waals surface area contributed by atoms with Crippen molar-refractivity contribution in [1.82, 2.24) is 10.2 Å². The highest BCUT2D eigenvalue weighted by Gasteiger charge is 2.20. The third-order valence-electron chi connectivity index (χ3n) is 5.27. The predicted octanol–water partition coefficient (Wildman–Crippen LogP) is 2.67. The number of nitrogens with zero attached hydrogens (tertiary/aromatic N) is 2. The van der Waals surface area contributed by atoms with Gasteiger partial charge in [-0.3, -0.25) is 9.89 Å². The van der Waals surface area contributed by atoms with Crippen LogP contribution in [0.4, 0.5) is 0 Å². The van der Waals surface area contributed by atoms with Gasteiger partial charge in [-0.15, -0.1) is 0 Å². The molecular formula is C19H30N4. The van der Waals surface area contributed by atoms with Crippen LogP contribution in [0.15, 0.2) is 29.3 Å². The minimum absolute atomic E-state index is 0.426. The molecule has 1 unspecified atom stereocenters. The number of guanidine groups is 1. The van der Waals surface area contributed by atoms with Crippen molar-refractivity contribution in [3.63, 3.8) is 0 Å².